The van der Waals surface area contributed by atoms with Crippen molar-refractivity contribution >= 4 is 38.4 Å². The van der Waals surface area contributed by atoms with Crippen LogP contribution < -0.4 is 10.2 Å². The van der Waals surface area contributed by atoms with Gasteiger partial charge in [-0.15, -0.1) is 0 Å². The summed E-state index contributed by atoms with van der Waals surface area (Å²) >= 11 is 0. The second-order valence-electron chi connectivity index (χ2n) is 8.84. The topological polar surface area (TPSA) is 90.0 Å². The number of nitrogens with zero attached hydrogens (tertiary/aromatic N) is 3. The van der Waals surface area contributed by atoms with Crippen molar-refractivity contribution in [2.24, 2.45) is 0 Å². The van der Waals surface area contributed by atoms with Gasteiger partial charge in [-0.05, 0) is 24.1 Å². The molecule has 3 amide bonds. The highest BCUT2D eigenvalue weighted by Crippen LogP contribution is 2.35. The van der Waals surface area contributed by atoms with Gasteiger partial charge < -0.3 is 10.2 Å². The van der Waals surface area contributed by atoms with Gasteiger partial charge in [-0.3, -0.25) is 9.69 Å². The molecule has 2 atom stereocenters. The second-order valence-corrected chi connectivity index (χ2v) is 10.7. The molecule has 2 heterocycles. The Morgan fingerprint density at radius 1 is 0.941 bits per heavy atom. The van der Waals surface area contributed by atoms with Crippen LogP contribution in [0.1, 0.15) is 12.0 Å². The number of imide groups is 1. The van der Waals surface area contributed by atoms with E-state index in [9.17, 15) is 18.0 Å². The summed E-state index contributed by atoms with van der Waals surface area (Å²) in [4.78, 5) is 29.4. The zero-order valence-electron chi connectivity index (χ0n) is 19.0. The highest BCUT2D eigenvalue weighted by Gasteiger charge is 2.52. The van der Waals surface area contributed by atoms with Crippen molar-refractivity contribution < 1.29 is 18.0 Å². The summed E-state index contributed by atoms with van der Waals surface area (Å²) in [6.07, 6.45) is 0.383. The molecular weight excluding hydrogens is 452 g/mol. The van der Waals surface area contributed by atoms with E-state index < -0.39 is 34.0 Å². The van der Waals surface area contributed by atoms with Crippen molar-refractivity contribution in [2.75, 3.05) is 25.5 Å². The molecule has 8 nitrogen and oxygen atoms in total. The Bertz CT molecular complexity index is 1370. The zero-order chi connectivity index (χ0) is 24.0. The predicted molar refractivity (Wildman–Crippen MR) is 130 cm³/mol. The van der Waals surface area contributed by atoms with Crippen molar-refractivity contribution in [1.82, 2.24) is 14.5 Å². The first-order valence-electron chi connectivity index (χ1n) is 11.2. The van der Waals surface area contributed by atoms with Crippen LogP contribution >= 0.6 is 0 Å². The molecule has 0 saturated carbocycles. The van der Waals surface area contributed by atoms with E-state index in [0.717, 1.165) is 21.5 Å². The molecule has 9 heteroatoms. The average Bonchev–Trinajstić information content (AvgIpc) is 3.26. The van der Waals surface area contributed by atoms with Gasteiger partial charge in [-0.1, -0.05) is 54.6 Å². The van der Waals surface area contributed by atoms with Crippen molar-refractivity contribution in [3.8, 4) is 0 Å². The second kappa shape index (κ2) is 8.41. The lowest BCUT2D eigenvalue weighted by Crippen LogP contribution is -2.64. The van der Waals surface area contributed by atoms with Crippen LogP contribution in [0.2, 0.25) is 0 Å². The third-order valence-electron chi connectivity index (χ3n) is 6.54. The van der Waals surface area contributed by atoms with E-state index in [1.165, 1.54) is 4.31 Å². The van der Waals surface area contributed by atoms with Crippen LogP contribution in [-0.2, 0) is 21.4 Å². The number of nitrogens with one attached hydrogen (secondary N) is 1. The van der Waals surface area contributed by atoms with Crippen LogP contribution in [0.4, 0.5) is 10.5 Å². The molecule has 2 fully saturated rings. The summed E-state index contributed by atoms with van der Waals surface area (Å²) in [7, 11) is -0.192. The van der Waals surface area contributed by atoms with Gasteiger partial charge >= 0.3 is 6.03 Å². The molecule has 34 heavy (non-hydrogen) atoms. The lowest BCUT2D eigenvalue weighted by atomic mass is 10.1. The number of anilines is 1. The van der Waals surface area contributed by atoms with Crippen molar-refractivity contribution in [2.45, 2.75) is 29.9 Å². The summed E-state index contributed by atoms with van der Waals surface area (Å²) < 4.78 is 29.1. The molecule has 0 radical (unpaired) electrons. The first-order valence-corrected chi connectivity index (χ1v) is 12.6. The van der Waals surface area contributed by atoms with E-state index in [0.29, 0.717) is 11.8 Å². The Labute approximate surface area is 198 Å². The number of hydrogen-bond donors (Lipinski definition) is 1. The number of sulfonamides is 1. The van der Waals surface area contributed by atoms with E-state index in [1.807, 2.05) is 67.5 Å². The Hall–Kier alpha value is -3.43. The third-order valence-corrected chi connectivity index (χ3v) is 8.47. The van der Waals surface area contributed by atoms with Gasteiger partial charge in [-0.2, -0.15) is 4.31 Å². The van der Waals surface area contributed by atoms with E-state index in [-0.39, 0.29) is 18.0 Å². The number of urea groups is 1. The fourth-order valence-corrected chi connectivity index (χ4v) is 6.74. The minimum absolute atomic E-state index is 0.0864. The number of carbonyl (C=O) groups is 2. The number of amides is 3. The number of benzene rings is 3. The highest BCUT2D eigenvalue weighted by atomic mass is 32.2. The maximum Gasteiger partial charge on any atom is 0.324 e. The highest BCUT2D eigenvalue weighted by molar-refractivity contribution is 7.89. The standard InChI is InChI=1S/C25H26N4O4S/c1-27(2)21-12-6-11-19-18(21)10-7-13-22(19)34(32,33)29-15-14-20-23(29)24(30)28(25(31)26-20)16-17-8-4-3-5-9-17/h3-13,20,23H,14-16H2,1-2H3,(H,26,31)/t20-,23-/m0/s1. The molecule has 1 N–H and O–H groups in total. The fourth-order valence-electron chi connectivity index (χ4n) is 4.90. The summed E-state index contributed by atoms with van der Waals surface area (Å²) in [5.41, 5.74) is 1.70. The normalized spacial score (nSPS) is 20.9. The fraction of sp³-hybridized carbons (Fsp3) is 0.280. The van der Waals surface area contributed by atoms with Crippen molar-refractivity contribution in [3.63, 3.8) is 0 Å². The first kappa shape index (κ1) is 22.4. The van der Waals surface area contributed by atoms with Crippen LogP contribution in [0.25, 0.3) is 10.8 Å². The Morgan fingerprint density at radius 2 is 1.65 bits per heavy atom. The molecule has 2 aliphatic heterocycles. The largest absolute Gasteiger partial charge is 0.377 e. The monoisotopic (exact) mass is 478 g/mol. The maximum atomic E-state index is 13.9. The minimum atomic E-state index is -4.01. The summed E-state index contributed by atoms with van der Waals surface area (Å²) in [5.74, 6) is -0.493. The van der Waals surface area contributed by atoms with Gasteiger partial charge in [0.2, 0.25) is 10.0 Å². The molecule has 3 aromatic rings. The van der Waals surface area contributed by atoms with Gasteiger partial charge in [0.05, 0.1) is 17.5 Å². The molecule has 0 aliphatic carbocycles. The molecule has 5 rings (SSSR count). The average molecular weight is 479 g/mol. The van der Waals surface area contributed by atoms with E-state index in [4.69, 9.17) is 0 Å². The molecule has 0 spiro atoms. The van der Waals surface area contributed by atoms with Gasteiger partial charge in [0, 0.05) is 37.1 Å². The SMILES string of the molecule is CN(C)c1cccc2c(S(=O)(=O)N3CC[C@@H]4NC(=O)N(Cc5ccccc5)C(=O)[C@H]43)cccc12. The van der Waals surface area contributed by atoms with Gasteiger partial charge in [-0.25, -0.2) is 13.2 Å². The Morgan fingerprint density at radius 3 is 2.38 bits per heavy atom. The van der Waals surface area contributed by atoms with Gasteiger partial charge in [0.1, 0.15) is 6.04 Å². The van der Waals surface area contributed by atoms with Gasteiger partial charge in [0.15, 0.2) is 0 Å². The quantitative estimate of drug-likeness (QED) is 0.609. The number of fused-ring (bicyclic) bond motifs is 2. The van der Waals surface area contributed by atoms with Crippen LogP contribution in [0.3, 0.4) is 0 Å². The minimum Gasteiger partial charge on any atom is -0.377 e. The number of carbonyl (C=O) groups excluding carboxylic acids is 2. The molecular formula is C25H26N4O4S. The van der Waals surface area contributed by atoms with Crippen LogP contribution in [0.15, 0.2) is 71.6 Å². The molecule has 0 aromatic heterocycles. The van der Waals surface area contributed by atoms with Crippen molar-refractivity contribution in [3.05, 3.63) is 72.3 Å². The molecule has 3 aromatic carbocycles. The lowest BCUT2D eigenvalue weighted by Gasteiger charge is -2.36. The van der Waals surface area contributed by atoms with E-state index in [1.54, 1.807) is 18.2 Å². The Balaban J connectivity index is 1.53. The molecule has 176 valence electrons. The maximum absolute atomic E-state index is 13.9. The molecule has 0 bridgehead atoms. The number of hydrogen-bond acceptors (Lipinski definition) is 5. The van der Waals surface area contributed by atoms with Gasteiger partial charge in [0.25, 0.3) is 5.91 Å². The first-order chi connectivity index (χ1) is 16.3. The third kappa shape index (κ3) is 3.61. The summed E-state index contributed by atoms with van der Waals surface area (Å²) in [5, 5.41) is 4.27. The Kier molecular flexibility index (Phi) is 5.53. The van der Waals surface area contributed by atoms with Crippen LogP contribution in [-0.4, -0.2) is 62.3 Å². The van der Waals surface area contributed by atoms with E-state index >= 15 is 0 Å². The van der Waals surface area contributed by atoms with Crippen LogP contribution in [0, 0.1) is 0 Å². The van der Waals surface area contributed by atoms with E-state index in [2.05, 4.69) is 5.32 Å². The van der Waals surface area contributed by atoms with Crippen LogP contribution in [0.5, 0.6) is 0 Å². The predicted octanol–water partition coefficient (Wildman–Crippen LogP) is 2.79. The molecule has 2 aliphatic rings. The zero-order valence-corrected chi connectivity index (χ0v) is 19.8. The lowest BCUT2D eigenvalue weighted by molar-refractivity contribution is -0.134. The number of rotatable bonds is 5. The summed E-state index contributed by atoms with van der Waals surface area (Å²) in [6.45, 7) is 0.246. The summed E-state index contributed by atoms with van der Waals surface area (Å²) in [6, 6.07) is 17.9. The molecule has 0 unspecified atom stereocenters. The smallest absolute Gasteiger partial charge is 0.324 e. The van der Waals surface area contributed by atoms with Crippen molar-refractivity contribution in [1.29, 1.82) is 0 Å². The molecule has 2 saturated heterocycles.